The summed E-state index contributed by atoms with van der Waals surface area (Å²) in [6, 6.07) is 14.7. The van der Waals surface area contributed by atoms with Crippen molar-refractivity contribution in [1.82, 2.24) is 9.88 Å². The molecule has 41 heavy (non-hydrogen) atoms. The van der Waals surface area contributed by atoms with E-state index in [1.807, 2.05) is 56.4 Å². The number of nitrogens with one attached hydrogen (secondary N) is 2. The average Bonchev–Trinajstić information content (AvgIpc) is 3.00. The van der Waals surface area contributed by atoms with Gasteiger partial charge in [0.05, 0.1) is 37.4 Å². The van der Waals surface area contributed by atoms with Crippen molar-refractivity contribution in [2.45, 2.75) is 0 Å². The van der Waals surface area contributed by atoms with Gasteiger partial charge in [0.1, 0.15) is 11.6 Å². The van der Waals surface area contributed by atoms with Gasteiger partial charge in [-0.25, -0.2) is 4.98 Å². The van der Waals surface area contributed by atoms with Crippen molar-refractivity contribution in [2.75, 3.05) is 88.1 Å². The first-order valence-corrected chi connectivity index (χ1v) is 13.5. The first-order valence-electron chi connectivity index (χ1n) is 13.5. The highest BCUT2D eigenvalue weighted by Gasteiger charge is 2.18. The molecule has 0 bridgehead atoms. The van der Waals surface area contributed by atoms with Gasteiger partial charge in [-0.15, -0.1) is 0 Å². The van der Waals surface area contributed by atoms with Crippen molar-refractivity contribution in [1.29, 1.82) is 0 Å². The molecule has 0 unspecified atom stereocenters. The van der Waals surface area contributed by atoms with Gasteiger partial charge in [-0.2, -0.15) is 0 Å². The molecular weight excluding hydrogens is 520 g/mol. The van der Waals surface area contributed by atoms with Crippen LogP contribution in [0.25, 0.3) is 0 Å². The van der Waals surface area contributed by atoms with Crippen molar-refractivity contribution in [3.8, 4) is 5.75 Å². The number of ether oxygens (including phenoxy) is 2. The minimum Gasteiger partial charge on any atom is -0.494 e. The highest BCUT2D eigenvalue weighted by molar-refractivity contribution is 6.09. The van der Waals surface area contributed by atoms with E-state index in [1.54, 1.807) is 31.5 Å². The summed E-state index contributed by atoms with van der Waals surface area (Å²) in [5.41, 5.74) is 4.14. The molecule has 1 fully saturated rings. The van der Waals surface area contributed by atoms with Gasteiger partial charge in [0.2, 0.25) is 5.91 Å². The number of aromatic nitrogens is 1. The number of rotatable bonds is 12. The molecule has 0 saturated carbocycles. The molecule has 216 valence electrons. The normalized spacial score (nSPS) is 13.0. The summed E-state index contributed by atoms with van der Waals surface area (Å²) in [5.74, 6) is 0.598. The number of morpholine rings is 1. The number of likely N-dealkylation sites (N-methyl/N-ethyl adjacent to an activating group) is 2. The Labute approximate surface area is 241 Å². The number of anilines is 5. The molecule has 1 aliphatic rings. The Kier molecular flexibility index (Phi) is 9.94. The van der Waals surface area contributed by atoms with E-state index in [-0.39, 0.29) is 11.7 Å². The van der Waals surface area contributed by atoms with E-state index < -0.39 is 0 Å². The Balaban J connectivity index is 1.57. The number of methoxy groups -OCH3 is 1. The lowest BCUT2D eigenvalue weighted by Crippen LogP contribution is -2.36. The molecule has 0 atom stereocenters. The minimum absolute atomic E-state index is 0.104. The summed E-state index contributed by atoms with van der Waals surface area (Å²) in [4.78, 5) is 36.4. The maximum atomic E-state index is 13.3. The molecule has 1 aliphatic heterocycles. The molecule has 0 radical (unpaired) electrons. The molecule has 1 aromatic heterocycles. The van der Waals surface area contributed by atoms with Gasteiger partial charge in [0.15, 0.2) is 5.78 Å². The fourth-order valence-electron chi connectivity index (χ4n) is 4.50. The monoisotopic (exact) mass is 558 g/mol. The molecule has 10 nitrogen and oxygen atoms in total. The maximum Gasteiger partial charge on any atom is 0.247 e. The molecule has 0 aliphatic carbocycles. The average molecular weight is 559 g/mol. The lowest BCUT2D eigenvalue weighted by Gasteiger charge is -2.28. The number of carbonyl (C=O) groups excluding carboxylic acids is 2. The number of pyridine rings is 1. The lowest BCUT2D eigenvalue weighted by molar-refractivity contribution is -0.111. The molecule has 1 amide bonds. The molecular formula is C31H38N6O4. The van der Waals surface area contributed by atoms with Crippen molar-refractivity contribution in [3.05, 3.63) is 78.5 Å². The minimum atomic E-state index is -0.325. The highest BCUT2D eigenvalue weighted by atomic mass is 16.5. The van der Waals surface area contributed by atoms with Crippen LogP contribution in [0.4, 0.5) is 28.6 Å². The van der Waals surface area contributed by atoms with Crippen LogP contribution in [-0.2, 0) is 9.53 Å². The van der Waals surface area contributed by atoms with Crippen molar-refractivity contribution >= 4 is 40.3 Å². The fourth-order valence-corrected chi connectivity index (χ4v) is 4.50. The molecule has 10 heteroatoms. The number of hydrogen-bond donors (Lipinski definition) is 2. The molecule has 2 heterocycles. The van der Waals surface area contributed by atoms with E-state index >= 15 is 0 Å². The van der Waals surface area contributed by atoms with Gasteiger partial charge < -0.3 is 34.8 Å². The van der Waals surface area contributed by atoms with Crippen LogP contribution in [0.3, 0.4) is 0 Å². The van der Waals surface area contributed by atoms with Gasteiger partial charge in [0.25, 0.3) is 0 Å². The predicted octanol–water partition coefficient (Wildman–Crippen LogP) is 4.02. The third kappa shape index (κ3) is 7.62. The zero-order chi connectivity index (χ0) is 29.4. The fraction of sp³-hybridized carbons (Fsp3) is 0.323. The van der Waals surface area contributed by atoms with E-state index in [9.17, 15) is 9.59 Å². The van der Waals surface area contributed by atoms with Crippen LogP contribution in [0.15, 0.2) is 67.4 Å². The molecule has 0 spiro atoms. The van der Waals surface area contributed by atoms with Crippen molar-refractivity contribution in [2.24, 2.45) is 0 Å². The van der Waals surface area contributed by atoms with Crippen LogP contribution in [0.1, 0.15) is 15.9 Å². The second-order valence-corrected chi connectivity index (χ2v) is 10.0. The van der Waals surface area contributed by atoms with Gasteiger partial charge >= 0.3 is 0 Å². The number of benzene rings is 2. The van der Waals surface area contributed by atoms with Crippen molar-refractivity contribution in [3.63, 3.8) is 0 Å². The summed E-state index contributed by atoms with van der Waals surface area (Å²) >= 11 is 0. The van der Waals surface area contributed by atoms with E-state index in [0.717, 1.165) is 37.6 Å². The van der Waals surface area contributed by atoms with E-state index in [1.165, 1.54) is 6.08 Å². The maximum absolute atomic E-state index is 13.3. The van der Waals surface area contributed by atoms with Crippen molar-refractivity contribution < 1.29 is 19.1 Å². The molecule has 4 rings (SSSR count). The summed E-state index contributed by atoms with van der Waals surface area (Å²) < 4.78 is 11.1. The number of nitrogens with zero attached hydrogens (tertiary/aromatic N) is 4. The van der Waals surface area contributed by atoms with Crippen LogP contribution < -0.4 is 25.2 Å². The summed E-state index contributed by atoms with van der Waals surface area (Å²) in [6.45, 7) is 8.22. The van der Waals surface area contributed by atoms with Crippen LogP contribution in [0, 0.1) is 0 Å². The van der Waals surface area contributed by atoms with Crippen LogP contribution in [0.5, 0.6) is 5.75 Å². The highest BCUT2D eigenvalue weighted by Crippen LogP contribution is 2.38. The Morgan fingerprint density at radius 1 is 1.02 bits per heavy atom. The SMILES string of the molecule is C=CC(=O)Nc1cc(Nc2cc(C(=O)c3ccc(N4CCOCC4)cc3)ccn2)c(OC)cc1N(C)CCN(C)C. The van der Waals surface area contributed by atoms with Gasteiger partial charge in [-0.05, 0) is 62.6 Å². The van der Waals surface area contributed by atoms with Gasteiger partial charge in [-0.3, -0.25) is 9.59 Å². The largest absolute Gasteiger partial charge is 0.494 e. The molecule has 2 N–H and O–H groups in total. The first kappa shape index (κ1) is 29.6. The van der Waals surface area contributed by atoms with E-state index in [0.29, 0.717) is 47.3 Å². The first-order chi connectivity index (χ1) is 19.8. The third-order valence-electron chi connectivity index (χ3n) is 6.85. The van der Waals surface area contributed by atoms with E-state index in [2.05, 4.69) is 32.0 Å². The van der Waals surface area contributed by atoms with Gasteiger partial charge in [0, 0.05) is 62.3 Å². The predicted molar refractivity (Wildman–Crippen MR) is 164 cm³/mol. The topological polar surface area (TPSA) is 99.3 Å². The van der Waals surface area contributed by atoms with E-state index in [4.69, 9.17) is 9.47 Å². The zero-order valence-electron chi connectivity index (χ0n) is 24.1. The molecule has 1 saturated heterocycles. The standard InChI is InChI=1S/C31H38N6O4/c1-6-30(38)34-25-20-26(28(40-5)21-27(25)36(4)14-13-35(2)3)33-29-19-23(11-12-32-29)31(39)22-7-9-24(10-8-22)37-15-17-41-18-16-37/h6-12,19-21H,1,13-18H2,2-5H3,(H,32,33)(H,34,38). The number of amides is 1. The quantitative estimate of drug-likeness (QED) is 0.252. The smallest absolute Gasteiger partial charge is 0.247 e. The van der Waals surface area contributed by atoms with Crippen LogP contribution in [-0.4, -0.2) is 89.2 Å². The Morgan fingerprint density at radius 2 is 1.76 bits per heavy atom. The third-order valence-corrected chi connectivity index (χ3v) is 6.85. The zero-order valence-corrected chi connectivity index (χ0v) is 24.1. The summed E-state index contributed by atoms with van der Waals surface area (Å²) in [7, 11) is 7.56. The Hall–Kier alpha value is -4.41. The molecule has 3 aromatic rings. The second kappa shape index (κ2) is 13.8. The van der Waals surface area contributed by atoms with Crippen LogP contribution in [0.2, 0.25) is 0 Å². The number of ketones is 1. The summed E-state index contributed by atoms with van der Waals surface area (Å²) in [6.07, 6.45) is 2.82. The van der Waals surface area contributed by atoms with Crippen LogP contribution >= 0.6 is 0 Å². The lowest BCUT2D eigenvalue weighted by atomic mass is 10.0. The summed E-state index contributed by atoms with van der Waals surface area (Å²) in [5, 5.41) is 6.15. The molecule has 2 aromatic carbocycles. The van der Waals surface area contributed by atoms with Gasteiger partial charge in [-0.1, -0.05) is 6.58 Å². The second-order valence-electron chi connectivity index (χ2n) is 10.0. The Bertz CT molecular complexity index is 1370. The Morgan fingerprint density at radius 3 is 2.41 bits per heavy atom. The number of carbonyl (C=O) groups is 2. The number of hydrogen-bond acceptors (Lipinski definition) is 9.